The van der Waals surface area contributed by atoms with Crippen LogP contribution in [0, 0.1) is 11.2 Å². The second kappa shape index (κ2) is 10.4. The summed E-state index contributed by atoms with van der Waals surface area (Å²) in [6.45, 7) is 2.48. The summed E-state index contributed by atoms with van der Waals surface area (Å²) in [4.78, 5) is 9.92. The van der Waals surface area contributed by atoms with Crippen molar-refractivity contribution in [2.75, 3.05) is 56.3 Å². The fraction of sp³-hybridized carbons (Fsp3) is 0.565. The van der Waals surface area contributed by atoms with Crippen molar-refractivity contribution in [1.82, 2.24) is 9.97 Å². The summed E-state index contributed by atoms with van der Waals surface area (Å²) < 4.78 is 65.4. The molecule has 2 fully saturated rings. The van der Waals surface area contributed by atoms with Gasteiger partial charge in [0, 0.05) is 32.9 Å². The largest absolute Gasteiger partial charge is 0.416 e. The minimum atomic E-state index is -4.43. The number of benzene rings is 1. The molecular weight excluding hydrogens is 456 g/mol. The van der Waals surface area contributed by atoms with Crippen molar-refractivity contribution in [3.05, 3.63) is 47.5 Å². The second-order valence-corrected chi connectivity index (χ2v) is 8.70. The van der Waals surface area contributed by atoms with Gasteiger partial charge in [-0.05, 0) is 42.4 Å². The minimum Gasteiger partial charge on any atom is -0.396 e. The standard InChI is InChI=1S/C23H28F4N4O3/c24-19-20(28-14-22(5-9-32)6-10-33-11-7-22)29-15-30-21(19)31-8-12-34-13-18(31)16-1-3-17(4-2-16)23(25,26)27/h1-4,15,18,32H,5-14H2,(H,28,29,30). The first-order valence-corrected chi connectivity index (χ1v) is 11.3. The quantitative estimate of drug-likeness (QED) is 0.579. The summed E-state index contributed by atoms with van der Waals surface area (Å²) in [5.41, 5.74) is -0.389. The van der Waals surface area contributed by atoms with Crippen LogP contribution in [0.4, 0.5) is 29.2 Å². The monoisotopic (exact) mass is 484 g/mol. The van der Waals surface area contributed by atoms with E-state index in [0.717, 1.165) is 25.0 Å². The Bertz CT molecular complexity index is 947. The van der Waals surface area contributed by atoms with Crippen LogP contribution in [0.1, 0.15) is 36.4 Å². The Morgan fingerprint density at radius 1 is 1.09 bits per heavy atom. The molecule has 1 aromatic heterocycles. The highest BCUT2D eigenvalue weighted by molar-refractivity contribution is 5.53. The van der Waals surface area contributed by atoms with Gasteiger partial charge in [0.15, 0.2) is 11.6 Å². The number of hydrogen-bond acceptors (Lipinski definition) is 7. The van der Waals surface area contributed by atoms with Gasteiger partial charge in [0.1, 0.15) is 6.33 Å². The molecule has 2 aromatic rings. The van der Waals surface area contributed by atoms with Crippen LogP contribution in [0.3, 0.4) is 0 Å². The average molecular weight is 484 g/mol. The van der Waals surface area contributed by atoms with Crippen LogP contribution in [0.25, 0.3) is 0 Å². The molecule has 0 spiro atoms. The maximum absolute atomic E-state index is 15.5. The maximum atomic E-state index is 15.5. The summed E-state index contributed by atoms with van der Waals surface area (Å²) in [5, 5.41) is 12.6. The number of rotatable bonds is 7. The van der Waals surface area contributed by atoms with Gasteiger partial charge in [0.05, 0.1) is 24.8 Å². The van der Waals surface area contributed by atoms with Crippen LogP contribution in [-0.2, 0) is 15.7 Å². The van der Waals surface area contributed by atoms with E-state index >= 15 is 4.39 Å². The Balaban J connectivity index is 1.55. The van der Waals surface area contributed by atoms with Gasteiger partial charge in [-0.1, -0.05) is 12.1 Å². The van der Waals surface area contributed by atoms with Gasteiger partial charge in [-0.15, -0.1) is 0 Å². The third-order valence-corrected chi connectivity index (χ3v) is 6.62. The third-order valence-electron chi connectivity index (χ3n) is 6.62. The van der Waals surface area contributed by atoms with E-state index in [1.807, 2.05) is 0 Å². The van der Waals surface area contributed by atoms with Crippen LogP contribution < -0.4 is 10.2 Å². The lowest BCUT2D eigenvalue weighted by atomic mass is 9.77. The summed E-state index contributed by atoms with van der Waals surface area (Å²) in [7, 11) is 0. The Morgan fingerprint density at radius 3 is 2.50 bits per heavy atom. The molecule has 4 rings (SSSR count). The van der Waals surface area contributed by atoms with Gasteiger partial charge in [-0.2, -0.15) is 17.6 Å². The minimum absolute atomic E-state index is 0.0295. The van der Waals surface area contributed by atoms with E-state index < -0.39 is 23.6 Å². The molecule has 186 valence electrons. The summed E-state index contributed by atoms with van der Waals surface area (Å²) in [5.74, 6) is -0.520. The zero-order chi connectivity index (χ0) is 24.2. The second-order valence-electron chi connectivity index (χ2n) is 8.70. The molecular formula is C23H28F4N4O3. The molecule has 1 unspecified atom stereocenters. The van der Waals surface area contributed by atoms with Crippen molar-refractivity contribution >= 4 is 11.6 Å². The zero-order valence-electron chi connectivity index (χ0n) is 18.7. The van der Waals surface area contributed by atoms with E-state index in [-0.39, 0.29) is 30.3 Å². The molecule has 0 amide bonds. The van der Waals surface area contributed by atoms with E-state index in [9.17, 15) is 18.3 Å². The molecule has 7 nitrogen and oxygen atoms in total. The van der Waals surface area contributed by atoms with Crippen LogP contribution in [0.5, 0.6) is 0 Å². The molecule has 2 aliphatic rings. The van der Waals surface area contributed by atoms with Gasteiger partial charge < -0.3 is 24.8 Å². The van der Waals surface area contributed by atoms with Crippen LogP contribution in [0.2, 0.25) is 0 Å². The Kier molecular flexibility index (Phi) is 7.54. The molecule has 2 aliphatic heterocycles. The summed E-state index contributed by atoms with van der Waals surface area (Å²) >= 11 is 0. The predicted octanol–water partition coefficient (Wildman–Crippen LogP) is 3.80. The molecule has 3 heterocycles. The Labute approximate surface area is 195 Å². The number of aromatic nitrogens is 2. The molecule has 2 saturated heterocycles. The number of nitrogens with one attached hydrogen (secondary N) is 1. The molecule has 2 N–H and O–H groups in total. The number of aliphatic hydroxyl groups excluding tert-OH is 1. The van der Waals surface area contributed by atoms with E-state index in [4.69, 9.17) is 9.47 Å². The highest BCUT2D eigenvalue weighted by Gasteiger charge is 2.34. The van der Waals surface area contributed by atoms with Gasteiger partial charge in [0.25, 0.3) is 0 Å². The summed E-state index contributed by atoms with van der Waals surface area (Å²) in [6, 6.07) is 4.30. The third kappa shape index (κ3) is 5.42. The lowest BCUT2D eigenvalue weighted by Crippen LogP contribution is -2.41. The van der Waals surface area contributed by atoms with Gasteiger partial charge in [-0.25, -0.2) is 9.97 Å². The first-order valence-electron chi connectivity index (χ1n) is 11.3. The lowest BCUT2D eigenvalue weighted by molar-refractivity contribution is -0.137. The number of alkyl halides is 3. The molecule has 0 radical (unpaired) electrons. The molecule has 1 aromatic carbocycles. The van der Waals surface area contributed by atoms with Crippen molar-refractivity contribution in [3.8, 4) is 0 Å². The van der Waals surface area contributed by atoms with Crippen LogP contribution in [0.15, 0.2) is 30.6 Å². The number of ether oxygens (including phenoxy) is 2. The first-order chi connectivity index (χ1) is 16.3. The molecule has 0 bridgehead atoms. The van der Waals surface area contributed by atoms with Crippen molar-refractivity contribution in [3.63, 3.8) is 0 Å². The highest BCUT2D eigenvalue weighted by atomic mass is 19.4. The number of hydrogen-bond donors (Lipinski definition) is 2. The fourth-order valence-corrected chi connectivity index (χ4v) is 4.54. The van der Waals surface area contributed by atoms with Gasteiger partial charge in [0.2, 0.25) is 5.82 Å². The molecule has 34 heavy (non-hydrogen) atoms. The van der Waals surface area contributed by atoms with E-state index in [1.54, 1.807) is 4.90 Å². The van der Waals surface area contributed by atoms with Gasteiger partial charge >= 0.3 is 6.18 Å². The highest BCUT2D eigenvalue weighted by Crippen LogP contribution is 2.36. The fourth-order valence-electron chi connectivity index (χ4n) is 4.54. The SMILES string of the molecule is OCCC1(CNc2ncnc(N3CCOCC3c3ccc(C(F)(F)F)cc3)c2F)CCOCC1. The number of nitrogens with zero attached hydrogens (tertiary/aromatic N) is 3. The number of aliphatic hydroxyl groups is 1. The maximum Gasteiger partial charge on any atom is 0.416 e. The van der Waals surface area contributed by atoms with Gasteiger partial charge in [-0.3, -0.25) is 0 Å². The molecule has 0 saturated carbocycles. The summed E-state index contributed by atoms with van der Waals surface area (Å²) in [6.07, 6.45) is -1.09. The number of morpholine rings is 1. The smallest absolute Gasteiger partial charge is 0.396 e. The Hall–Kier alpha value is -2.50. The molecule has 0 aliphatic carbocycles. The van der Waals surface area contributed by atoms with Crippen LogP contribution in [-0.4, -0.2) is 61.2 Å². The average Bonchev–Trinajstić information content (AvgIpc) is 2.84. The number of halogens is 4. The zero-order valence-corrected chi connectivity index (χ0v) is 18.7. The van der Waals surface area contributed by atoms with E-state index in [0.29, 0.717) is 44.9 Å². The van der Waals surface area contributed by atoms with Crippen molar-refractivity contribution in [1.29, 1.82) is 0 Å². The number of anilines is 2. The molecule has 11 heteroatoms. The van der Waals surface area contributed by atoms with Crippen molar-refractivity contribution < 1.29 is 32.1 Å². The topological polar surface area (TPSA) is 79.7 Å². The first kappa shape index (κ1) is 24.6. The Morgan fingerprint density at radius 2 is 1.82 bits per heavy atom. The molecule has 1 atom stereocenters. The normalized spacial score (nSPS) is 20.9. The van der Waals surface area contributed by atoms with Crippen molar-refractivity contribution in [2.45, 2.75) is 31.5 Å². The van der Waals surface area contributed by atoms with E-state index in [1.165, 1.54) is 18.5 Å². The van der Waals surface area contributed by atoms with E-state index in [2.05, 4.69) is 15.3 Å². The lowest BCUT2D eigenvalue weighted by Gasteiger charge is -2.38. The predicted molar refractivity (Wildman–Crippen MR) is 117 cm³/mol. The van der Waals surface area contributed by atoms with Crippen molar-refractivity contribution in [2.24, 2.45) is 5.41 Å². The van der Waals surface area contributed by atoms with Crippen LogP contribution >= 0.6 is 0 Å².